The third-order valence-corrected chi connectivity index (χ3v) is 5.13. The summed E-state index contributed by atoms with van der Waals surface area (Å²) in [6, 6.07) is 17.2. The van der Waals surface area contributed by atoms with Crippen LogP contribution in [0.25, 0.3) is 0 Å². The zero-order valence-electron chi connectivity index (χ0n) is 17.3. The van der Waals surface area contributed by atoms with Crippen molar-refractivity contribution in [1.29, 1.82) is 5.26 Å². The van der Waals surface area contributed by atoms with Gasteiger partial charge in [0.25, 0.3) is 0 Å². The fraction of sp³-hybridized carbons (Fsp3) is 0.435. The van der Waals surface area contributed by atoms with Crippen LogP contribution >= 0.6 is 0 Å². The van der Waals surface area contributed by atoms with E-state index in [9.17, 15) is 5.11 Å². The first-order chi connectivity index (χ1) is 14.7. The Hall–Kier alpha value is -2.63. The van der Waals surface area contributed by atoms with Crippen molar-refractivity contribution in [1.82, 2.24) is 10.2 Å². The molecule has 0 bridgehead atoms. The summed E-state index contributed by atoms with van der Waals surface area (Å²) in [6.07, 6.45) is -0.637. The molecular weight excluding hydrogens is 382 g/mol. The number of methoxy groups -OCH3 is 1. The number of nitrogens with zero attached hydrogens (tertiary/aromatic N) is 2. The highest BCUT2D eigenvalue weighted by molar-refractivity contribution is 5.34. The largest absolute Gasteiger partial charge is 0.497 e. The number of benzene rings is 2. The van der Waals surface area contributed by atoms with Crippen molar-refractivity contribution in [2.24, 2.45) is 0 Å². The number of aliphatic hydroxyl groups excluding tert-OH is 1. The normalized spacial score (nSPS) is 16.4. The molecule has 0 aromatic heterocycles. The van der Waals surface area contributed by atoms with Crippen molar-refractivity contribution in [3.05, 3.63) is 59.7 Å². The molecule has 2 aromatic carbocycles. The molecule has 2 N–H and O–H groups in total. The summed E-state index contributed by atoms with van der Waals surface area (Å²) in [5, 5.41) is 22.5. The molecule has 160 valence electrons. The number of rotatable bonds is 10. The minimum absolute atomic E-state index is 0.184. The van der Waals surface area contributed by atoms with Gasteiger partial charge in [0.15, 0.2) is 0 Å². The van der Waals surface area contributed by atoms with Crippen LogP contribution in [0.5, 0.6) is 11.5 Å². The van der Waals surface area contributed by atoms with Gasteiger partial charge >= 0.3 is 0 Å². The molecule has 7 nitrogen and oxygen atoms in total. The van der Waals surface area contributed by atoms with Gasteiger partial charge in [-0.2, -0.15) is 5.26 Å². The molecule has 0 amide bonds. The third kappa shape index (κ3) is 6.44. The van der Waals surface area contributed by atoms with Gasteiger partial charge < -0.3 is 24.6 Å². The second-order valence-electron chi connectivity index (χ2n) is 7.20. The maximum Gasteiger partial charge on any atom is 0.119 e. The number of ether oxygens (including phenoxy) is 3. The molecule has 1 aliphatic rings. The molecule has 2 aromatic rings. The molecule has 0 saturated carbocycles. The molecule has 2 atom stereocenters. The summed E-state index contributed by atoms with van der Waals surface area (Å²) in [6.45, 7) is 4.53. The van der Waals surface area contributed by atoms with Crippen LogP contribution in [0, 0.1) is 11.3 Å². The topological polar surface area (TPSA) is 87.0 Å². The zero-order chi connectivity index (χ0) is 21.2. The van der Waals surface area contributed by atoms with Crippen molar-refractivity contribution in [2.45, 2.75) is 12.1 Å². The molecule has 1 heterocycles. The van der Waals surface area contributed by atoms with E-state index in [0.717, 1.165) is 32.1 Å². The second-order valence-corrected chi connectivity index (χ2v) is 7.20. The Morgan fingerprint density at radius 1 is 1.07 bits per heavy atom. The Balaban J connectivity index is 1.50. The minimum Gasteiger partial charge on any atom is -0.497 e. The Bertz CT molecular complexity index is 799. The maximum absolute atomic E-state index is 10.3. The highest BCUT2D eigenvalue weighted by Crippen LogP contribution is 2.23. The van der Waals surface area contributed by atoms with Crippen molar-refractivity contribution in [2.75, 3.05) is 53.1 Å². The standard InChI is InChI=1S/C23H29N3O4/c1-28-21-8-4-19(5-9-21)23(26-10-12-29-13-11-26)16-25-15-20(27)17-30-22-6-2-18(14-24)3-7-22/h2-9,20,23,25,27H,10-13,15-17H2,1H3/t20-,23+/m1/s1. The van der Waals surface area contributed by atoms with E-state index in [-0.39, 0.29) is 12.6 Å². The fourth-order valence-corrected chi connectivity index (χ4v) is 3.44. The van der Waals surface area contributed by atoms with Gasteiger partial charge in [-0.1, -0.05) is 12.1 Å². The van der Waals surface area contributed by atoms with E-state index in [1.54, 1.807) is 31.4 Å². The van der Waals surface area contributed by atoms with Gasteiger partial charge in [-0.3, -0.25) is 4.90 Å². The quantitative estimate of drug-likeness (QED) is 0.618. The van der Waals surface area contributed by atoms with Crippen LogP contribution in [0.1, 0.15) is 17.2 Å². The third-order valence-electron chi connectivity index (χ3n) is 5.13. The van der Waals surface area contributed by atoms with E-state index in [1.807, 2.05) is 12.1 Å². The van der Waals surface area contributed by atoms with Gasteiger partial charge in [0.05, 0.1) is 32.0 Å². The molecule has 0 aliphatic carbocycles. The predicted molar refractivity (Wildman–Crippen MR) is 114 cm³/mol. The number of hydrogen-bond acceptors (Lipinski definition) is 7. The average Bonchev–Trinajstić information content (AvgIpc) is 2.81. The number of nitrogens with one attached hydrogen (secondary N) is 1. The van der Waals surface area contributed by atoms with E-state index >= 15 is 0 Å². The summed E-state index contributed by atoms with van der Waals surface area (Å²) in [5.41, 5.74) is 1.78. The molecule has 1 saturated heterocycles. The van der Waals surface area contributed by atoms with Crippen molar-refractivity contribution in [3.63, 3.8) is 0 Å². The zero-order valence-corrected chi connectivity index (χ0v) is 17.3. The lowest BCUT2D eigenvalue weighted by Crippen LogP contribution is -2.44. The summed E-state index contributed by atoms with van der Waals surface area (Å²) in [5.74, 6) is 1.47. The lowest BCUT2D eigenvalue weighted by Gasteiger charge is -2.35. The van der Waals surface area contributed by atoms with Crippen molar-refractivity contribution in [3.8, 4) is 17.6 Å². The predicted octanol–water partition coefficient (Wildman–Crippen LogP) is 1.97. The SMILES string of the molecule is COc1ccc([C@H](CNC[C@@H](O)COc2ccc(C#N)cc2)N2CCOCC2)cc1. The van der Waals surface area contributed by atoms with E-state index in [4.69, 9.17) is 19.5 Å². The first kappa shape index (κ1) is 22.1. The lowest BCUT2D eigenvalue weighted by atomic mass is 10.0. The van der Waals surface area contributed by atoms with Crippen molar-refractivity contribution < 1.29 is 19.3 Å². The Labute approximate surface area is 177 Å². The van der Waals surface area contributed by atoms with Gasteiger partial charge in [-0.25, -0.2) is 0 Å². The van der Waals surface area contributed by atoms with Crippen LogP contribution in [0.3, 0.4) is 0 Å². The van der Waals surface area contributed by atoms with E-state index in [2.05, 4.69) is 28.4 Å². The van der Waals surface area contributed by atoms with Gasteiger partial charge in [-0.05, 0) is 42.0 Å². The molecule has 3 rings (SSSR count). The maximum atomic E-state index is 10.3. The average molecular weight is 412 g/mol. The number of nitriles is 1. The number of aliphatic hydroxyl groups is 1. The van der Waals surface area contributed by atoms with Gasteiger partial charge in [-0.15, -0.1) is 0 Å². The molecule has 1 fully saturated rings. The molecule has 30 heavy (non-hydrogen) atoms. The molecule has 0 unspecified atom stereocenters. The second kappa shape index (κ2) is 11.5. The van der Waals surface area contributed by atoms with Crippen LogP contribution < -0.4 is 14.8 Å². The Kier molecular flexibility index (Phi) is 8.48. The van der Waals surface area contributed by atoms with Gasteiger partial charge in [0.1, 0.15) is 24.2 Å². The molecule has 1 aliphatic heterocycles. The summed E-state index contributed by atoms with van der Waals surface area (Å²) < 4.78 is 16.4. The van der Waals surface area contributed by atoms with E-state index in [0.29, 0.717) is 24.4 Å². The molecule has 0 radical (unpaired) electrons. The molecule has 0 spiro atoms. The first-order valence-electron chi connectivity index (χ1n) is 10.2. The van der Waals surface area contributed by atoms with Gasteiger partial charge in [0, 0.05) is 32.2 Å². The Morgan fingerprint density at radius 3 is 2.37 bits per heavy atom. The molecular formula is C23H29N3O4. The fourth-order valence-electron chi connectivity index (χ4n) is 3.44. The highest BCUT2D eigenvalue weighted by Gasteiger charge is 2.22. The van der Waals surface area contributed by atoms with Crippen LogP contribution in [-0.2, 0) is 4.74 Å². The minimum atomic E-state index is -0.637. The number of morpholine rings is 1. The lowest BCUT2D eigenvalue weighted by molar-refractivity contribution is 0.0151. The summed E-state index contributed by atoms with van der Waals surface area (Å²) in [7, 11) is 1.66. The summed E-state index contributed by atoms with van der Waals surface area (Å²) in [4.78, 5) is 2.40. The van der Waals surface area contributed by atoms with Crippen molar-refractivity contribution >= 4 is 0 Å². The summed E-state index contributed by atoms with van der Waals surface area (Å²) >= 11 is 0. The van der Waals surface area contributed by atoms with Gasteiger partial charge in [0.2, 0.25) is 0 Å². The number of hydrogen-bond donors (Lipinski definition) is 2. The van der Waals surface area contributed by atoms with E-state index < -0.39 is 6.10 Å². The first-order valence-corrected chi connectivity index (χ1v) is 10.2. The molecule has 7 heteroatoms. The van der Waals surface area contributed by atoms with Crippen LogP contribution in [0.2, 0.25) is 0 Å². The Morgan fingerprint density at radius 2 is 1.73 bits per heavy atom. The monoisotopic (exact) mass is 411 g/mol. The van der Waals surface area contributed by atoms with Crippen LogP contribution in [0.4, 0.5) is 0 Å². The van der Waals surface area contributed by atoms with Crippen LogP contribution in [0.15, 0.2) is 48.5 Å². The smallest absolute Gasteiger partial charge is 0.119 e. The van der Waals surface area contributed by atoms with Crippen LogP contribution in [-0.4, -0.2) is 69.2 Å². The highest BCUT2D eigenvalue weighted by atomic mass is 16.5. The van der Waals surface area contributed by atoms with E-state index in [1.165, 1.54) is 5.56 Å².